The Hall–Kier alpha value is -3.22. The number of nitrogens with zero attached hydrogens (tertiary/aromatic N) is 3. The van der Waals surface area contributed by atoms with E-state index in [-0.39, 0.29) is 23.2 Å². The molecule has 7 heteroatoms. The van der Waals surface area contributed by atoms with Crippen molar-refractivity contribution >= 4 is 28.5 Å². The molecule has 3 aromatic rings. The van der Waals surface area contributed by atoms with E-state index < -0.39 is 0 Å². The highest BCUT2D eigenvalue weighted by Gasteiger charge is 2.55. The van der Waals surface area contributed by atoms with Gasteiger partial charge in [0.15, 0.2) is 5.58 Å². The van der Waals surface area contributed by atoms with Crippen LogP contribution >= 0.6 is 0 Å². The predicted molar refractivity (Wildman–Crippen MR) is 109 cm³/mol. The number of aromatic nitrogens is 1. The number of hydrogen-bond acceptors (Lipinski definition) is 5. The summed E-state index contributed by atoms with van der Waals surface area (Å²) in [5.41, 5.74) is 4.24. The molecule has 2 aliphatic heterocycles. The SMILES string of the molecule is CN1c2ccccc2[C@]12CC[C@]1(CC2)CN(c2cccc3nc(O)oc23)C(=O)N1. The fourth-order valence-corrected chi connectivity index (χ4v) is 5.59. The van der Waals surface area contributed by atoms with Crippen molar-refractivity contribution in [3.8, 4) is 6.08 Å². The maximum Gasteiger partial charge on any atom is 0.392 e. The van der Waals surface area contributed by atoms with Crippen LogP contribution in [0, 0.1) is 0 Å². The first-order valence-corrected chi connectivity index (χ1v) is 10.0. The van der Waals surface area contributed by atoms with Gasteiger partial charge in [-0.2, -0.15) is 4.98 Å². The number of carbonyl (C=O) groups is 1. The maximum atomic E-state index is 12.9. The van der Waals surface area contributed by atoms with Gasteiger partial charge in [-0.25, -0.2) is 4.79 Å². The summed E-state index contributed by atoms with van der Waals surface area (Å²) < 4.78 is 5.36. The first-order valence-electron chi connectivity index (χ1n) is 10.0. The molecule has 2 N–H and O–H groups in total. The van der Waals surface area contributed by atoms with Crippen LogP contribution in [-0.2, 0) is 5.54 Å². The van der Waals surface area contributed by atoms with E-state index in [2.05, 4.69) is 46.5 Å². The lowest BCUT2D eigenvalue weighted by Gasteiger charge is -2.58. The quantitative estimate of drug-likeness (QED) is 0.662. The number of anilines is 2. The number of nitrogens with one attached hydrogen (secondary N) is 1. The summed E-state index contributed by atoms with van der Waals surface area (Å²) in [7, 11) is 2.18. The molecule has 1 saturated heterocycles. The number of carbonyl (C=O) groups excluding carboxylic acids is 1. The molecule has 2 amide bonds. The second-order valence-corrected chi connectivity index (χ2v) is 8.53. The smallest absolute Gasteiger partial charge is 0.392 e. The Morgan fingerprint density at radius 1 is 1.07 bits per heavy atom. The van der Waals surface area contributed by atoms with Crippen LogP contribution in [0.4, 0.5) is 16.2 Å². The molecular weight excluding hydrogens is 368 g/mol. The van der Waals surface area contributed by atoms with E-state index in [9.17, 15) is 9.90 Å². The van der Waals surface area contributed by atoms with Crippen molar-refractivity contribution in [2.24, 2.45) is 0 Å². The van der Waals surface area contributed by atoms with Gasteiger partial charge in [0.05, 0.1) is 23.3 Å². The highest BCUT2D eigenvalue weighted by Crippen LogP contribution is 2.56. The molecule has 7 nitrogen and oxygen atoms in total. The number of para-hydroxylation sites is 2. The van der Waals surface area contributed by atoms with Crippen molar-refractivity contribution in [1.82, 2.24) is 10.3 Å². The third-order valence-corrected chi connectivity index (χ3v) is 7.19. The number of aromatic hydroxyl groups is 1. The number of oxazole rings is 1. The van der Waals surface area contributed by atoms with Crippen molar-refractivity contribution in [1.29, 1.82) is 0 Å². The second-order valence-electron chi connectivity index (χ2n) is 8.53. The molecule has 1 saturated carbocycles. The van der Waals surface area contributed by atoms with Crippen molar-refractivity contribution in [3.63, 3.8) is 0 Å². The number of rotatable bonds is 1. The summed E-state index contributed by atoms with van der Waals surface area (Å²) in [4.78, 5) is 21.0. The monoisotopic (exact) mass is 390 g/mol. The van der Waals surface area contributed by atoms with Crippen LogP contribution in [-0.4, -0.2) is 35.3 Å². The Morgan fingerprint density at radius 3 is 2.66 bits per heavy atom. The number of fused-ring (bicyclic) bond motifs is 3. The molecule has 0 unspecified atom stereocenters. The van der Waals surface area contributed by atoms with E-state index in [0.29, 0.717) is 23.3 Å². The molecule has 6 rings (SSSR count). The second kappa shape index (κ2) is 5.43. The van der Waals surface area contributed by atoms with Crippen molar-refractivity contribution in [3.05, 3.63) is 48.0 Å². The summed E-state index contributed by atoms with van der Waals surface area (Å²) in [5.74, 6) is 0. The van der Waals surface area contributed by atoms with Gasteiger partial charge in [-0.15, -0.1) is 0 Å². The van der Waals surface area contributed by atoms with Crippen LogP contribution in [0.15, 0.2) is 46.9 Å². The number of amides is 2. The molecular formula is C22H22N4O3. The zero-order chi connectivity index (χ0) is 19.8. The zero-order valence-electron chi connectivity index (χ0n) is 16.2. The Morgan fingerprint density at radius 2 is 1.83 bits per heavy atom. The average molecular weight is 390 g/mol. The summed E-state index contributed by atoms with van der Waals surface area (Å²) in [6, 6.07) is 13.9. The minimum absolute atomic E-state index is 0.0940. The molecule has 148 valence electrons. The van der Waals surface area contributed by atoms with E-state index >= 15 is 0 Å². The van der Waals surface area contributed by atoms with Crippen LogP contribution in [0.1, 0.15) is 31.2 Å². The fourth-order valence-electron chi connectivity index (χ4n) is 5.59. The molecule has 2 spiro atoms. The molecule has 2 fully saturated rings. The largest absolute Gasteiger partial charge is 0.466 e. The minimum Gasteiger partial charge on any atom is -0.466 e. The Kier molecular flexibility index (Phi) is 3.13. The van der Waals surface area contributed by atoms with Gasteiger partial charge in [0, 0.05) is 18.3 Å². The summed E-state index contributed by atoms with van der Waals surface area (Å²) in [5, 5.41) is 12.9. The molecule has 1 aliphatic carbocycles. The van der Waals surface area contributed by atoms with Crippen LogP contribution in [0.2, 0.25) is 0 Å². The van der Waals surface area contributed by atoms with E-state index in [1.54, 1.807) is 11.0 Å². The van der Waals surface area contributed by atoms with Crippen molar-refractivity contribution in [2.75, 3.05) is 23.4 Å². The Labute approximate surface area is 167 Å². The van der Waals surface area contributed by atoms with E-state index in [1.807, 2.05) is 12.1 Å². The van der Waals surface area contributed by atoms with Crippen LogP contribution < -0.4 is 15.1 Å². The molecule has 2 aromatic carbocycles. The molecule has 29 heavy (non-hydrogen) atoms. The third-order valence-electron chi connectivity index (χ3n) is 7.19. The van der Waals surface area contributed by atoms with Crippen LogP contribution in [0.5, 0.6) is 6.08 Å². The highest BCUT2D eigenvalue weighted by atomic mass is 16.5. The number of hydrogen-bond donors (Lipinski definition) is 2. The van der Waals surface area contributed by atoms with E-state index in [4.69, 9.17) is 4.42 Å². The lowest BCUT2D eigenvalue weighted by Crippen LogP contribution is -2.59. The molecule has 0 atom stereocenters. The predicted octanol–water partition coefficient (Wildman–Crippen LogP) is 3.72. The highest BCUT2D eigenvalue weighted by molar-refractivity contribution is 6.02. The standard InChI is InChI=1S/C22H22N4O3/c1-25-16-7-3-2-5-14(16)22(25)11-9-21(10-12-22)13-26(19(27)24-21)17-8-4-6-15-18(17)29-20(28)23-15/h2-8H,9-13H2,1H3,(H,23,28)(H,24,27)/t21-,22+. The van der Waals surface area contributed by atoms with Gasteiger partial charge in [0.2, 0.25) is 0 Å². The van der Waals surface area contributed by atoms with Gasteiger partial charge in [0.1, 0.15) is 5.52 Å². The van der Waals surface area contributed by atoms with Crippen LogP contribution in [0.25, 0.3) is 11.1 Å². The fraction of sp³-hybridized carbons (Fsp3) is 0.364. The summed E-state index contributed by atoms with van der Waals surface area (Å²) >= 11 is 0. The topological polar surface area (TPSA) is 81.8 Å². The van der Waals surface area contributed by atoms with Gasteiger partial charge in [0.25, 0.3) is 0 Å². The molecule has 3 aliphatic rings. The first kappa shape index (κ1) is 16.7. The molecule has 0 radical (unpaired) electrons. The average Bonchev–Trinajstić information content (AvgIpc) is 3.27. The Balaban J connectivity index is 1.28. The summed E-state index contributed by atoms with van der Waals surface area (Å²) in [6.07, 6.45) is 3.49. The van der Waals surface area contributed by atoms with Crippen LogP contribution in [0.3, 0.4) is 0 Å². The third kappa shape index (κ3) is 2.13. The maximum absolute atomic E-state index is 12.9. The first-order chi connectivity index (χ1) is 14.0. The van der Waals surface area contributed by atoms with Gasteiger partial charge >= 0.3 is 12.1 Å². The molecule has 1 aromatic heterocycles. The van der Waals surface area contributed by atoms with E-state index in [0.717, 1.165) is 25.7 Å². The minimum atomic E-state index is -0.381. The summed E-state index contributed by atoms with van der Waals surface area (Å²) in [6.45, 7) is 0.591. The van der Waals surface area contributed by atoms with Gasteiger partial charge in [-0.1, -0.05) is 24.3 Å². The molecule has 0 bridgehead atoms. The Bertz CT molecular complexity index is 1150. The van der Waals surface area contributed by atoms with Gasteiger partial charge < -0.3 is 19.7 Å². The lowest BCUT2D eigenvalue weighted by atomic mass is 9.64. The number of urea groups is 1. The zero-order valence-corrected chi connectivity index (χ0v) is 16.2. The van der Waals surface area contributed by atoms with Gasteiger partial charge in [-0.3, -0.25) is 4.90 Å². The van der Waals surface area contributed by atoms with E-state index in [1.165, 1.54) is 11.3 Å². The normalized spacial score (nSPS) is 28.1. The van der Waals surface area contributed by atoms with Crippen molar-refractivity contribution in [2.45, 2.75) is 36.8 Å². The van der Waals surface area contributed by atoms with Crippen molar-refractivity contribution < 1.29 is 14.3 Å². The lowest BCUT2D eigenvalue weighted by molar-refractivity contribution is 0.174. The van der Waals surface area contributed by atoms with Gasteiger partial charge in [-0.05, 0) is 43.9 Å². The number of benzene rings is 2. The molecule has 3 heterocycles.